The first kappa shape index (κ1) is 40.9. The lowest BCUT2D eigenvalue weighted by molar-refractivity contribution is 0.0624. The van der Waals surface area contributed by atoms with E-state index < -0.39 is 41.4 Å². The lowest BCUT2D eigenvalue weighted by Gasteiger charge is -2.19. The second-order valence-electron chi connectivity index (χ2n) is 15.8. The monoisotopic (exact) mass is 762 g/mol. The summed E-state index contributed by atoms with van der Waals surface area (Å²) in [6, 6.07) is 23.7. The molecule has 0 fully saturated rings. The third-order valence-corrected chi connectivity index (χ3v) is 8.90. The Balaban J connectivity index is 0.000000214. The number of ether oxygens (including phenoxy) is 2. The van der Waals surface area contributed by atoms with Crippen LogP contribution in [0.2, 0.25) is 0 Å². The third kappa shape index (κ3) is 10.9. The molecular formula is C44H46N2O10. The fourth-order valence-electron chi connectivity index (χ4n) is 6.45. The number of aliphatic hydroxyl groups excluding tert-OH is 1. The van der Waals surface area contributed by atoms with Gasteiger partial charge in [-0.15, -0.1) is 0 Å². The Bertz CT molecular complexity index is 2180. The van der Waals surface area contributed by atoms with E-state index in [2.05, 4.69) is 10.6 Å². The number of fused-ring (bicyclic) bond motifs is 2. The number of rotatable bonds is 7. The third-order valence-electron chi connectivity index (χ3n) is 8.90. The maximum atomic E-state index is 12.6. The van der Waals surface area contributed by atoms with Gasteiger partial charge in [0, 0.05) is 28.9 Å². The smallest absolute Gasteiger partial charge is 0.412 e. The van der Waals surface area contributed by atoms with Crippen LogP contribution < -0.4 is 10.6 Å². The number of aromatic carboxylic acids is 2. The number of hydrogen-bond acceptors (Lipinski definition) is 8. The van der Waals surface area contributed by atoms with Crippen molar-refractivity contribution in [3.8, 4) is 0 Å². The molecule has 292 valence electrons. The first-order chi connectivity index (χ1) is 26.2. The van der Waals surface area contributed by atoms with Crippen molar-refractivity contribution < 1.29 is 48.8 Å². The summed E-state index contributed by atoms with van der Waals surface area (Å²) in [5.41, 5.74) is 6.11. The molecule has 2 unspecified atom stereocenters. The number of nitrogens with one attached hydrogen (secondary N) is 2. The Hall–Kier alpha value is -6.27. The van der Waals surface area contributed by atoms with Crippen molar-refractivity contribution in [1.29, 1.82) is 0 Å². The Labute approximate surface area is 325 Å². The van der Waals surface area contributed by atoms with Gasteiger partial charge in [-0.3, -0.25) is 15.4 Å². The highest BCUT2D eigenvalue weighted by Crippen LogP contribution is 2.39. The number of carbonyl (C=O) groups is 5. The number of ketones is 1. The van der Waals surface area contributed by atoms with E-state index in [0.717, 1.165) is 27.8 Å². The number of Topliss-reactive ketones (excluding diaryl/α,β-unsaturated/α-hetero) is 1. The average Bonchev–Trinajstić information content (AvgIpc) is 3.57. The minimum Gasteiger partial charge on any atom is -0.478 e. The molecule has 0 heterocycles. The summed E-state index contributed by atoms with van der Waals surface area (Å²) < 4.78 is 10.5. The molecule has 2 atom stereocenters. The lowest BCUT2D eigenvalue weighted by Crippen LogP contribution is -2.27. The number of aliphatic hydroxyl groups is 1. The normalized spacial score (nSPS) is 16.6. The molecule has 0 radical (unpaired) electrons. The summed E-state index contributed by atoms with van der Waals surface area (Å²) in [4.78, 5) is 58.4. The summed E-state index contributed by atoms with van der Waals surface area (Å²) in [5, 5.41) is 34.0. The van der Waals surface area contributed by atoms with Gasteiger partial charge in [0.1, 0.15) is 11.2 Å². The highest BCUT2D eigenvalue weighted by atomic mass is 16.6. The Morgan fingerprint density at radius 3 is 1.73 bits per heavy atom. The predicted octanol–water partition coefficient (Wildman–Crippen LogP) is 8.73. The van der Waals surface area contributed by atoms with E-state index >= 15 is 0 Å². The maximum Gasteiger partial charge on any atom is 0.412 e. The van der Waals surface area contributed by atoms with Crippen LogP contribution in [0.25, 0.3) is 6.08 Å². The quantitative estimate of drug-likeness (QED) is 0.114. The van der Waals surface area contributed by atoms with E-state index in [9.17, 15) is 29.1 Å². The van der Waals surface area contributed by atoms with E-state index in [1.54, 1.807) is 108 Å². The van der Waals surface area contributed by atoms with E-state index in [-0.39, 0.29) is 22.8 Å². The van der Waals surface area contributed by atoms with Crippen LogP contribution in [0, 0.1) is 5.92 Å². The number of allylic oxidation sites excluding steroid dienone is 1. The summed E-state index contributed by atoms with van der Waals surface area (Å²) in [6.07, 6.45) is 1.87. The standard InChI is InChI=1S/C22H25NO5.C22H21NO5/c2*1-22(2,3)28-21(27)23-17-8-9-18-15(12-17)11-16(19(18)24)10-13-4-6-14(7-5-13)20(25)26/h4-9,12,16,19,24H,10-11H2,1-3H3,(H,23,27)(H,25,26);4-10,12H,11H2,1-3H3,(H,23,27)(H,25,26)/b;16-10+. The van der Waals surface area contributed by atoms with Gasteiger partial charge in [0.05, 0.1) is 17.2 Å². The van der Waals surface area contributed by atoms with Gasteiger partial charge in [-0.2, -0.15) is 0 Å². The molecule has 0 aromatic heterocycles. The van der Waals surface area contributed by atoms with E-state index in [1.807, 2.05) is 12.1 Å². The number of carboxylic acids is 2. The molecule has 2 aliphatic carbocycles. The molecule has 0 bridgehead atoms. The van der Waals surface area contributed by atoms with E-state index in [1.165, 1.54) is 12.1 Å². The van der Waals surface area contributed by atoms with Crippen LogP contribution in [0.1, 0.15) is 107 Å². The molecule has 2 aliphatic rings. The maximum absolute atomic E-state index is 12.6. The molecule has 6 rings (SSSR count). The van der Waals surface area contributed by atoms with Gasteiger partial charge in [-0.25, -0.2) is 19.2 Å². The van der Waals surface area contributed by atoms with Gasteiger partial charge in [0.25, 0.3) is 0 Å². The predicted molar refractivity (Wildman–Crippen MR) is 211 cm³/mol. The zero-order valence-corrected chi connectivity index (χ0v) is 32.1. The largest absolute Gasteiger partial charge is 0.478 e. The topological polar surface area (TPSA) is 189 Å². The van der Waals surface area contributed by atoms with Gasteiger partial charge in [-0.05, 0) is 149 Å². The number of benzene rings is 4. The lowest BCUT2D eigenvalue weighted by atomic mass is 9.94. The number of carboxylic acid groups (broad SMARTS) is 2. The minimum absolute atomic E-state index is 0.00227. The van der Waals surface area contributed by atoms with Crippen LogP contribution in [0.3, 0.4) is 0 Å². The fraction of sp³-hybridized carbons (Fsp3) is 0.295. The average molecular weight is 763 g/mol. The molecule has 0 aliphatic heterocycles. The SMILES string of the molecule is CC(C)(C)OC(=O)Nc1ccc2c(c1)C/C(=C\c1ccc(C(=O)O)cc1)C2=O.CC(C)(C)OC(=O)Nc1ccc2c(c1)CC(Cc1ccc(C(=O)O)cc1)C2O. The molecule has 5 N–H and O–H groups in total. The summed E-state index contributed by atoms with van der Waals surface area (Å²) in [5.74, 6) is -2.01. The first-order valence-corrected chi connectivity index (χ1v) is 18.1. The van der Waals surface area contributed by atoms with Crippen molar-refractivity contribution in [3.63, 3.8) is 0 Å². The fourth-order valence-corrected chi connectivity index (χ4v) is 6.45. The zero-order chi connectivity index (χ0) is 40.9. The van der Waals surface area contributed by atoms with Gasteiger partial charge in [-0.1, -0.05) is 30.3 Å². The minimum atomic E-state index is -0.992. The van der Waals surface area contributed by atoms with Gasteiger partial charge >= 0.3 is 24.1 Å². The van der Waals surface area contributed by atoms with E-state index in [0.29, 0.717) is 41.8 Å². The first-order valence-electron chi connectivity index (χ1n) is 18.1. The van der Waals surface area contributed by atoms with Crippen molar-refractivity contribution in [1.82, 2.24) is 0 Å². The van der Waals surface area contributed by atoms with Crippen LogP contribution in [-0.2, 0) is 28.7 Å². The number of hydrogen-bond donors (Lipinski definition) is 5. The van der Waals surface area contributed by atoms with E-state index in [4.69, 9.17) is 19.7 Å². The number of anilines is 2. The molecule has 56 heavy (non-hydrogen) atoms. The van der Waals surface area contributed by atoms with Crippen LogP contribution >= 0.6 is 0 Å². The van der Waals surface area contributed by atoms with Crippen molar-refractivity contribution in [3.05, 3.63) is 135 Å². The molecule has 4 aromatic carbocycles. The van der Waals surface area contributed by atoms with Crippen LogP contribution in [-0.4, -0.2) is 56.4 Å². The molecule has 2 amide bonds. The van der Waals surface area contributed by atoms with Crippen LogP contribution in [0.5, 0.6) is 0 Å². The Morgan fingerprint density at radius 1 is 0.714 bits per heavy atom. The summed E-state index contributed by atoms with van der Waals surface area (Å²) in [7, 11) is 0. The Kier molecular flexibility index (Phi) is 12.1. The van der Waals surface area contributed by atoms with Crippen molar-refractivity contribution in [2.75, 3.05) is 10.6 Å². The summed E-state index contributed by atoms with van der Waals surface area (Å²) >= 11 is 0. The molecule has 12 heteroatoms. The van der Waals surface area contributed by atoms with Crippen molar-refractivity contribution in [2.45, 2.75) is 78.1 Å². The second kappa shape index (κ2) is 16.6. The number of carbonyl (C=O) groups excluding carboxylic acids is 3. The van der Waals surface area contributed by atoms with Gasteiger partial charge < -0.3 is 24.8 Å². The van der Waals surface area contributed by atoms with Gasteiger partial charge in [0.2, 0.25) is 0 Å². The molecule has 0 spiro atoms. The molecule has 4 aromatic rings. The van der Waals surface area contributed by atoms with Crippen LogP contribution in [0.4, 0.5) is 21.0 Å². The molecule has 12 nitrogen and oxygen atoms in total. The van der Waals surface area contributed by atoms with Crippen LogP contribution in [0.15, 0.2) is 90.5 Å². The second-order valence-corrected chi connectivity index (χ2v) is 15.8. The van der Waals surface area contributed by atoms with Gasteiger partial charge in [0.15, 0.2) is 5.78 Å². The molecule has 0 saturated carbocycles. The number of amides is 2. The zero-order valence-electron chi connectivity index (χ0n) is 32.1. The molecular weight excluding hydrogens is 716 g/mol. The van der Waals surface area contributed by atoms with Crippen molar-refractivity contribution >= 4 is 47.4 Å². The highest BCUT2D eigenvalue weighted by molar-refractivity contribution is 6.16. The highest BCUT2D eigenvalue weighted by Gasteiger charge is 2.31. The van der Waals surface area contributed by atoms with Crippen molar-refractivity contribution in [2.24, 2.45) is 5.92 Å². The molecule has 0 saturated heterocycles. The summed E-state index contributed by atoms with van der Waals surface area (Å²) in [6.45, 7) is 10.8. The Morgan fingerprint density at radius 2 is 1.21 bits per heavy atom.